The molecular weight excluding hydrogens is 359 g/mol. The van der Waals surface area contributed by atoms with Gasteiger partial charge in [0.15, 0.2) is 0 Å². The van der Waals surface area contributed by atoms with Crippen LogP contribution in [0.5, 0.6) is 5.75 Å². The monoisotopic (exact) mass is 378 g/mol. The normalized spacial score (nSPS) is 13.8. The molecule has 1 N–H and O–H groups in total. The highest BCUT2D eigenvalue weighted by atomic mass is 35.5. The van der Waals surface area contributed by atoms with Crippen LogP contribution in [-0.2, 0) is 11.3 Å². The lowest BCUT2D eigenvalue weighted by molar-refractivity contribution is -0.117. The van der Waals surface area contributed by atoms with Gasteiger partial charge in [-0.2, -0.15) is 0 Å². The summed E-state index contributed by atoms with van der Waals surface area (Å²) in [5, 5.41) is 3.87. The highest BCUT2D eigenvalue weighted by molar-refractivity contribution is 6.35. The summed E-state index contributed by atoms with van der Waals surface area (Å²) in [5.74, 6) is 0.736. The van der Waals surface area contributed by atoms with Crippen molar-refractivity contribution >= 4 is 34.8 Å². The second-order valence-electron chi connectivity index (χ2n) is 6.16. The molecule has 0 spiro atoms. The first-order chi connectivity index (χ1) is 12.0. The van der Waals surface area contributed by atoms with Crippen LogP contribution in [0, 0.1) is 0 Å². The summed E-state index contributed by atoms with van der Waals surface area (Å²) in [6.45, 7) is 1.05. The van der Waals surface area contributed by atoms with Gasteiger partial charge in [-0.3, -0.25) is 9.69 Å². The molecule has 3 rings (SSSR count). The predicted octanol–water partition coefficient (Wildman–Crippen LogP) is 4.61. The fourth-order valence-electron chi connectivity index (χ4n) is 2.69. The number of methoxy groups -OCH3 is 1. The number of rotatable bonds is 7. The molecule has 25 heavy (non-hydrogen) atoms. The Kier molecular flexibility index (Phi) is 5.84. The summed E-state index contributed by atoms with van der Waals surface area (Å²) in [7, 11) is 1.65. The smallest absolute Gasteiger partial charge is 0.238 e. The van der Waals surface area contributed by atoms with Crippen molar-refractivity contribution < 1.29 is 9.53 Å². The lowest BCUT2D eigenvalue weighted by Gasteiger charge is -2.22. The minimum absolute atomic E-state index is 0.0930. The van der Waals surface area contributed by atoms with Gasteiger partial charge in [-0.05, 0) is 48.7 Å². The molecule has 0 aliphatic heterocycles. The van der Waals surface area contributed by atoms with Crippen LogP contribution in [0.25, 0.3) is 0 Å². The van der Waals surface area contributed by atoms with Gasteiger partial charge in [0.05, 0.1) is 24.4 Å². The van der Waals surface area contributed by atoms with E-state index in [0.717, 1.165) is 30.7 Å². The summed E-state index contributed by atoms with van der Waals surface area (Å²) >= 11 is 12.1. The SMILES string of the molecule is COc1ccc(CN(CC(=O)Nc2cc(Cl)ccc2Cl)C2CC2)cc1. The standard InChI is InChI=1S/C19H20Cl2N2O2/c1-25-16-7-2-13(3-8-16)11-23(15-5-6-15)12-19(24)22-18-10-14(20)4-9-17(18)21/h2-4,7-10,15H,5-6,11-12H2,1H3,(H,22,24). The molecule has 0 heterocycles. The topological polar surface area (TPSA) is 41.6 Å². The van der Waals surface area contributed by atoms with Crippen LogP contribution in [0.15, 0.2) is 42.5 Å². The molecule has 2 aromatic carbocycles. The van der Waals surface area contributed by atoms with Crippen molar-refractivity contribution in [1.29, 1.82) is 0 Å². The Morgan fingerprint density at radius 2 is 1.92 bits per heavy atom. The van der Waals surface area contributed by atoms with Gasteiger partial charge in [-0.25, -0.2) is 0 Å². The zero-order valence-corrected chi connectivity index (χ0v) is 15.5. The lowest BCUT2D eigenvalue weighted by atomic mass is 10.2. The van der Waals surface area contributed by atoms with E-state index in [4.69, 9.17) is 27.9 Å². The Balaban J connectivity index is 1.63. The third-order valence-corrected chi connectivity index (χ3v) is 4.72. The van der Waals surface area contributed by atoms with Crippen LogP contribution in [0.3, 0.4) is 0 Å². The van der Waals surface area contributed by atoms with E-state index in [9.17, 15) is 4.79 Å². The van der Waals surface area contributed by atoms with Gasteiger partial charge < -0.3 is 10.1 Å². The maximum Gasteiger partial charge on any atom is 0.238 e. The minimum atomic E-state index is -0.0930. The number of carbonyl (C=O) groups excluding carboxylic acids is 1. The molecule has 0 saturated heterocycles. The highest BCUT2D eigenvalue weighted by Crippen LogP contribution is 2.29. The number of ether oxygens (including phenoxy) is 1. The van der Waals surface area contributed by atoms with Crippen LogP contribution >= 0.6 is 23.2 Å². The molecule has 0 aromatic heterocycles. The third kappa shape index (κ3) is 5.11. The van der Waals surface area contributed by atoms with Gasteiger partial charge in [0.25, 0.3) is 0 Å². The van der Waals surface area contributed by atoms with Gasteiger partial charge in [0, 0.05) is 17.6 Å². The molecule has 1 fully saturated rings. The molecule has 0 atom stereocenters. The molecule has 0 unspecified atom stereocenters. The number of halogens is 2. The molecule has 0 bridgehead atoms. The average molecular weight is 379 g/mol. The Labute approximate surface area is 157 Å². The quantitative estimate of drug-likeness (QED) is 0.764. The largest absolute Gasteiger partial charge is 0.497 e. The zero-order chi connectivity index (χ0) is 17.8. The number of nitrogens with one attached hydrogen (secondary N) is 1. The van der Waals surface area contributed by atoms with Gasteiger partial charge >= 0.3 is 0 Å². The molecule has 1 aliphatic carbocycles. The number of nitrogens with zero attached hydrogens (tertiary/aromatic N) is 1. The second-order valence-corrected chi connectivity index (χ2v) is 7.00. The molecule has 1 saturated carbocycles. The van der Waals surface area contributed by atoms with E-state index in [-0.39, 0.29) is 5.91 Å². The fraction of sp³-hybridized carbons (Fsp3) is 0.316. The number of carbonyl (C=O) groups is 1. The van der Waals surface area contributed by atoms with E-state index in [0.29, 0.717) is 28.3 Å². The van der Waals surface area contributed by atoms with Crippen LogP contribution in [-0.4, -0.2) is 30.5 Å². The van der Waals surface area contributed by atoms with Gasteiger partial charge in [0.1, 0.15) is 5.75 Å². The Hall–Kier alpha value is -1.75. The van der Waals surface area contributed by atoms with E-state index in [1.165, 1.54) is 0 Å². The minimum Gasteiger partial charge on any atom is -0.497 e. The summed E-state index contributed by atoms with van der Waals surface area (Å²) < 4.78 is 5.18. The van der Waals surface area contributed by atoms with Crippen molar-refractivity contribution in [3.05, 3.63) is 58.1 Å². The van der Waals surface area contributed by atoms with Gasteiger partial charge in [-0.15, -0.1) is 0 Å². The lowest BCUT2D eigenvalue weighted by Crippen LogP contribution is -2.34. The average Bonchev–Trinajstić information content (AvgIpc) is 3.43. The summed E-state index contributed by atoms with van der Waals surface area (Å²) in [5.41, 5.74) is 1.70. The molecule has 4 nitrogen and oxygen atoms in total. The van der Waals surface area contributed by atoms with Gasteiger partial charge in [-0.1, -0.05) is 35.3 Å². The number of benzene rings is 2. The van der Waals surface area contributed by atoms with Crippen LogP contribution < -0.4 is 10.1 Å². The summed E-state index contributed by atoms with van der Waals surface area (Å²) in [6, 6.07) is 13.4. The maximum atomic E-state index is 12.4. The van der Waals surface area contributed by atoms with Crippen molar-refractivity contribution in [2.24, 2.45) is 0 Å². The first-order valence-corrected chi connectivity index (χ1v) is 8.92. The van der Waals surface area contributed by atoms with Crippen LogP contribution in [0.2, 0.25) is 10.0 Å². The van der Waals surface area contributed by atoms with Crippen molar-refractivity contribution in [3.63, 3.8) is 0 Å². The number of hydrogen-bond donors (Lipinski definition) is 1. The van der Waals surface area contributed by atoms with E-state index in [1.807, 2.05) is 24.3 Å². The van der Waals surface area contributed by atoms with Crippen LogP contribution in [0.4, 0.5) is 5.69 Å². The Bertz CT molecular complexity index is 746. The Morgan fingerprint density at radius 3 is 2.56 bits per heavy atom. The predicted molar refractivity (Wildman–Crippen MR) is 102 cm³/mol. The van der Waals surface area contributed by atoms with Crippen LogP contribution in [0.1, 0.15) is 18.4 Å². The summed E-state index contributed by atoms with van der Waals surface area (Å²) in [6.07, 6.45) is 2.25. The zero-order valence-electron chi connectivity index (χ0n) is 14.0. The first kappa shape index (κ1) is 18.1. The molecule has 1 amide bonds. The molecule has 132 valence electrons. The van der Waals surface area contributed by atoms with Crippen molar-refractivity contribution in [3.8, 4) is 5.75 Å². The van der Waals surface area contributed by atoms with E-state index >= 15 is 0 Å². The van der Waals surface area contributed by atoms with Crippen molar-refractivity contribution in [2.75, 3.05) is 19.0 Å². The number of hydrogen-bond acceptors (Lipinski definition) is 3. The summed E-state index contributed by atoms with van der Waals surface area (Å²) in [4.78, 5) is 14.6. The highest BCUT2D eigenvalue weighted by Gasteiger charge is 2.30. The number of anilines is 1. The Morgan fingerprint density at radius 1 is 1.20 bits per heavy atom. The molecular formula is C19H20Cl2N2O2. The number of amides is 1. The van der Waals surface area contributed by atoms with E-state index < -0.39 is 0 Å². The van der Waals surface area contributed by atoms with Crippen molar-refractivity contribution in [2.45, 2.75) is 25.4 Å². The van der Waals surface area contributed by atoms with Gasteiger partial charge in [0.2, 0.25) is 5.91 Å². The maximum absolute atomic E-state index is 12.4. The molecule has 0 radical (unpaired) electrons. The van der Waals surface area contributed by atoms with Crippen molar-refractivity contribution in [1.82, 2.24) is 4.90 Å². The third-order valence-electron chi connectivity index (χ3n) is 4.16. The first-order valence-electron chi connectivity index (χ1n) is 8.17. The molecule has 6 heteroatoms. The van der Waals surface area contributed by atoms with E-state index in [1.54, 1.807) is 25.3 Å². The fourth-order valence-corrected chi connectivity index (χ4v) is 3.02. The second kappa shape index (κ2) is 8.09. The van der Waals surface area contributed by atoms with E-state index in [2.05, 4.69) is 10.2 Å². The molecule has 1 aliphatic rings. The molecule has 2 aromatic rings.